The lowest BCUT2D eigenvalue weighted by Crippen LogP contribution is -2.16. The Labute approximate surface area is 114 Å². The summed E-state index contributed by atoms with van der Waals surface area (Å²) < 4.78 is 5.37. The van der Waals surface area contributed by atoms with Gasteiger partial charge in [-0.25, -0.2) is 0 Å². The molecule has 0 bridgehead atoms. The third-order valence-corrected chi connectivity index (χ3v) is 3.20. The number of hydrogen-bond acceptors (Lipinski definition) is 6. The van der Waals surface area contributed by atoms with Gasteiger partial charge in [0.05, 0.1) is 6.61 Å². The van der Waals surface area contributed by atoms with Crippen molar-refractivity contribution in [1.82, 2.24) is 15.0 Å². The minimum Gasteiger partial charge on any atom is -0.464 e. The summed E-state index contributed by atoms with van der Waals surface area (Å²) in [6.45, 7) is 8.57. The summed E-state index contributed by atoms with van der Waals surface area (Å²) >= 11 is 0. The van der Waals surface area contributed by atoms with Crippen LogP contribution in [-0.2, 0) is 0 Å². The lowest BCUT2D eigenvalue weighted by molar-refractivity contribution is 0.312. The van der Waals surface area contributed by atoms with Crippen molar-refractivity contribution in [2.24, 2.45) is 5.41 Å². The SMILES string of the molecule is CCCNc1nc(NCC2(C)CC2)nc(OCC)n1. The molecular formula is C13H23N5O. The number of anilines is 2. The molecule has 1 aliphatic rings. The summed E-state index contributed by atoms with van der Waals surface area (Å²) in [5.41, 5.74) is 0.412. The summed E-state index contributed by atoms with van der Waals surface area (Å²) in [6, 6.07) is 0.375. The molecule has 0 aromatic carbocycles. The Hall–Kier alpha value is -1.59. The topological polar surface area (TPSA) is 72.0 Å². The first-order valence-corrected chi connectivity index (χ1v) is 7.02. The lowest BCUT2D eigenvalue weighted by atomic mass is 10.1. The van der Waals surface area contributed by atoms with Crippen LogP contribution in [0.25, 0.3) is 0 Å². The van der Waals surface area contributed by atoms with Crippen LogP contribution in [0.1, 0.15) is 40.0 Å². The minimum absolute atomic E-state index is 0.375. The van der Waals surface area contributed by atoms with Crippen LogP contribution < -0.4 is 15.4 Å². The van der Waals surface area contributed by atoms with Crippen molar-refractivity contribution in [3.05, 3.63) is 0 Å². The largest absolute Gasteiger partial charge is 0.464 e. The van der Waals surface area contributed by atoms with Crippen molar-refractivity contribution in [3.63, 3.8) is 0 Å². The molecule has 1 fully saturated rings. The van der Waals surface area contributed by atoms with Crippen LogP contribution in [0.4, 0.5) is 11.9 Å². The van der Waals surface area contributed by atoms with Crippen molar-refractivity contribution in [2.75, 3.05) is 30.3 Å². The first-order chi connectivity index (χ1) is 9.15. The average Bonchev–Trinajstić information content (AvgIpc) is 3.13. The fourth-order valence-corrected chi connectivity index (χ4v) is 1.63. The summed E-state index contributed by atoms with van der Waals surface area (Å²) in [7, 11) is 0. The molecule has 0 radical (unpaired) electrons. The van der Waals surface area contributed by atoms with E-state index in [0.717, 1.165) is 19.5 Å². The Morgan fingerprint density at radius 2 is 1.79 bits per heavy atom. The third-order valence-electron chi connectivity index (χ3n) is 3.20. The molecule has 2 rings (SSSR count). The van der Waals surface area contributed by atoms with Crippen molar-refractivity contribution < 1.29 is 4.74 Å². The van der Waals surface area contributed by atoms with Gasteiger partial charge >= 0.3 is 6.01 Å². The van der Waals surface area contributed by atoms with Crippen LogP contribution in [0.3, 0.4) is 0 Å². The molecule has 1 heterocycles. The van der Waals surface area contributed by atoms with E-state index in [4.69, 9.17) is 4.74 Å². The van der Waals surface area contributed by atoms with Gasteiger partial charge in [0.1, 0.15) is 0 Å². The molecule has 0 aliphatic heterocycles. The second kappa shape index (κ2) is 6.04. The number of hydrogen-bond donors (Lipinski definition) is 2. The molecule has 6 heteroatoms. The number of ether oxygens (including phenoxy) is 1. The van der Waals surface area contributed by atoms with E-state index in [1.54, 1.807) is 0 Å². The van der Waals surface area contributed by atoms with Crippen molar-refractivity contribution >= 4 is 11.9 Å². The molecule has 1 aliphatic carbocycles. The highest BCUT2D eigenvalue weighted by atomic mass is 16.5. The Morgan fingerprint density at radius 1 is 1.11 bits per heavy atom. The molecule has 0 atom stereocenters. The van der Waals surface area contributed by atoms with Crippen molar-refractivity contribution in [2.45, 2.75) is 40.0 Å². The molecule has 0 unspecified atom stereocenters. The minimum atomic E-state index is 0.375. The molecule has 1 aromatic heterocycles. The van der Waals surface area contributed by atoms with Gasteiger partial charge in [-0.15, -0.1) is 0 Å². The molecule has 106 valence electrons. The number of aromatic nitrogens is 3. The molecule has 1 saturated carbocycles. The second-order valence-electron chi connectivity index (χ2n) is 5.29. The van der Waals surface area contributed by atoms with E-state index < -0.39 is 0 Å². The maximum Gasteiger partial charge on any atom is 0.323 e. The third kappa shape index (κ3) is 4.22. The van der Waals surface area contributed by atoms with Gasteiger partial charge < -0.3 is 15.4 Å². The summed E-state index contributed by atoms with van der Waals surface area (Å²) in [5.74, 6) is 1.16. The van der Waals surface area contributed by atoms with Crippen LogP contribution >= 0.6 is 0 Å². The van der Waals surface area contributed by atoms with Crippen molar-refractivity contribution in [1.29, 1.82) is 0 Å². The van der Waals surface area contributed by atoms with Crippen LogP contribution in [0.5, 0.6) is 6.01 Å². The van der Waals surface area contributed by atoms with Gasteiger partial charge in [0.25, 0.3) is 0 Å². The Bertz CT molecular complexity index is 419. The molecule has 6 nitrogen and oxygen atoms in total. The first kappa shape index (κ1) is 13.8. The monoisotopic (exact) mass is 265 g/mol. The van der Waals surface area contributed by atoms with Crippen LogP contribution in [0, 0.1) is 5.41 Å². The normalized spacial score (nSPS) is 15.9. The molecule has 19 heavy (non-hydrogen) atoms. The maximum atomic E-state index is 5.37. The summed E-state index contributed by atoms with van der Waals surface area (Å²) in [5, 5.41) is 6.44. The van der Waals surface area contributed by atoms with E-state index in [2.05, 4.69) is 39.4 Å². The Kier molecular flexibility index (Phi) is 4.39. The van der Waals surface area contributed by atoms with Crippen molar-refractivity contribution in [3.8, 4) is 6.01 Å². The van der Waals surface area contributed by atoms with E-state index in [9.17, 15) is 0 Å². The highest BCUT2D eigenvalue weighted by molar-refractivity contribution is 5.36. The standard InChI is InChI=1S/C13H23N5O/c1-4-8-14-10-16-11(15-9-13(3)6-7-13)18-12(17-10)19-5-2/h4-9H2,1-3H3,(H2,14,15,16,17,18). The average molecular weight is 265 g/mol. The van der Waals surface area contributed by atoms with E-state index in [1.807, 2.05) is 6.92 Å². The number of nitrogens with zero attached hydrogens (tertiary/aromatic N) is 3. The quantitative estimate of drug-likeness (QED) is 0.751. The zero-order valence-electron chi connectivity index (χ0n) is 12.0. The summed E-state index contributed by atoms with van der Waals surface area (Å²) in [4.78, 5) is 12.9. The second-order valence-corrected chi connectivity index (χ2v) is 5.29. The number of nitrogens with one attached hydrogen (secondary N) is 2. The van der Waals surface area contributed by atoms with E-state index in [-0.39, 0.29) is 0 Å². The zero-order chi connectivity index (χ0) is 13.7. The van der Waals surface area contributed by atoms with Gasteiger partial charge in [-0.2, -0.15) is 15.0 Å². The Morgan fingerprint density at radius 3 is 2.37 bits per heavy atom. The van der Waals surface area contributed by atoms with E-state index >= 15 is 0 Å². The Balaban J connectivity index is 2.03. The van der Waals surface area contributed by atoms with E-state index in [0.29, 0.717) is 29.9 Å². The van der Waals surface area contributed by atoms with Gasteiger partial charge in [0, 0.05) is 13.1 Å². The smallest absolute Gasteiger partial charge is 0.323 e. The molecular weight excluding hydrogens is 242 g/mol. The fraction of sp³-hybridized carbons (Fsp3) is 0.769. The molecule has 0 spiro atoms. The van der Waals surface area contributed by atoms with Crippen LogP contribution in [0.2, 0.25) is 0 Å². The highest BCUT2D eigenvalue weighted by Crippen LogP contribution is 2.44. The molecule has 1 aromatic rings. The van der Waals surface area contributed by atoms with Gasteiger partial charge in [0.15, 0.2) is 0 Å². The highest BCUT2D eigenvalue weighted by Gasteiger charge is 2.37. The van der Waals surface area contributed by atoms with Crippen LogP contribution in [0.15, 0.2) is 0 Å². The zero-order valence-corrected chi connectivity index (χ0v) is 12.0. The fourth-order valence-electron chi connectivity index (χ4n) is 1.63. The van der Waals surface area contributed by atoms with E-state index in [1.165, 1.54) is 12.8 Å². The maximum absolute atomic E-state index is 5.37. The molecule has 2 N–H and O–H groups in total. The van der Waals surface area contributed by atoms with Crippen LogP contribution in [-0.4, -0.2) is 34.6 Å². The molecule has 0 saturated heterocycles. The van der Waals surface area contributed by atoms with Gasteiger partial charge in [-0.05, 0) is 31.6 Å². The van der Waals surface area contributed by atoms with Gasteiger partial charge in [0.2, 0.25) is 11.9 Å². The predicted octanol–water partition coefficient (Wildman–Crippen LogP) is 2.30. The lowest BCUT2D eigenvalue weighted by Gasteiger charge is -2.12. The number of rotatable bonds is 8. The first-order valence-electron chi connectivity index (χ1n) is 7.02. The van der Waals surface area contributed by atoms with Gasteiger partial charge in [-0.1, -0.05) is 13.8 Å². The van der Waals surface area contributed by atoms with Gasteiger partial charge in [-0.3, -0.25) is 0 Å². The predicted molar refractivity (Wildman–Crippen MR) is 75.6 cm³/mol. The summed E-state index contributed by atoms with van der Waals surface area (Å²) in [6.07, 6.45) is 3.56. The molecule has 0 amide bonds.